The van der Waals surface area contributed by atoms with E-state index in [1.807, 2.05) is 0 Å². The molecule has 21 heavy (non-hydrogen) atoms. The average Bonchev–Trinajstić information content (AvgIpc) is 2.58. The van der Waals surface area contributed by atoms with E-state index in [4.69, 9.17) is 0 Å². The minimum atomic E-state index is 0.433. The third-order valence-electron chi connectivity index (χ3n) is 4.35. The van der Waals surface area contributed by atoms with Crippen LogP contribution in [0.25, 0.3) is 0 Å². The Kier molecular flexibility index (Phi) is 5.03. The van der Waals surface area contributed by atoms with Crippen molar-refractivity contribution < 1.29 is 0 Å². The van der Waals surface area contributed by atoms with E-state index in [0.29, 0.717) is 12.0 Å². The van der Waals surface area contributed by atoms with Gasteiger partial charge in [-0.1, -0.05) is 60.7 Å². The predicted molar refractivity (Wildman–Crippen MR) is 88.6 cm³/mol. The van der Waals surface area contributed by atoms with E-state index in [1.165, 1.54) is 24.0 Å². The Morgan fingerprint density at radius 1 is 0.857 bits per heavy atom. The zero-order chi connectivity index (χ0) is 14.3. The second-order valence-electron chi connectivity index (χ2n) is 5.81. The van der Waals surface area contributed by atoms with Gasteiger partial charge in [0.05, 0.1) is 0 Å². The summed E-state index contributed by atoms with van der Waals surface area (Å²) in [6.07, 6.45) is 2.46. The molecule has 0 spiro atoms. The van der Waals surface area contributed by atoms with Gasteiger partial charge in [-0.2, -0.15) is 0 Å². The van der Waals surface area contributed by atoms with Crippen molar-refractivity contribution in [1.82, 2.24) is 10.6 Å². The van der Waals surface area contributed by atoms with Crippen LogP contribution in [0.4, 0.5) is 0 Å². The van der Waals surface area contributed by atoms with Crippen molar-refractivity contribution in [3.8, 4) is 0 Å². The molecule has 0 bridgehead atoms. The lowest BCUT2D eigenvalue weighted by Gasteiger charge is -2.27. The summed E-state index contributed by atoms with van der Waals surface area (Å²) in [6, 6.07) is 22.3. The molecule has 0 radical (unpaired) electrons. The lowest BCUT2D eigenvalue weighted by atomic mass is 9.90. The van der Waals surface area contributed by atoms with Crippen molar-refractivity contribution >= 4 is 0 Å². The van der Waals surface area contributed by atoms with Gasteiger partial charge in [-0.25, -0.2) is 0 Å². The zero-order valence-corrected chi connectivity index (χ0v) is 12.5. The second-order valence-corrected chi connectivity index (χ2v) is 5.81. The van der Waals surface area contributed by atoms with Gasteiger partial charge in [0.2, 0.25) is 0 Å². The van der Waals surface area contributed by atoms with Gasteiger partial charge >= 0.3 is 0 Å². The molecule has 2 N–H and O–H groups in total. The fourth-order valence-electron chi connectivity index (χ4n) is 3.11. The Balaban J connectivity index is 1.73. The smallest absolute Gasteiger partial charge is 0.0214 e. The van der Waals surface area contributed by atoms with Crippen LogP contribution in [-0.2, 0) is 0 Å². The Bertz CT molecular complexity index is 478. The minimum Gasteiger partial charge on any atom is -0.317 e. The topological polar surface area (TPSA) is 24.1 Å². The lowest BCUT2D eigenvalue weighted by molar-refractivity contribution is 0.383. The van der Waals surface area contributed by atoms with E-state index in [2.05, 4.69) is 71.3 Å². The van der Waals surface area contributed by atoms with Crippen molar-refractivity contribution in [3.63, 3.8) is 0 Å². The number of hydrogen-bond donors (Lipinski definition) is 2. The summed E-state index contributed by atoms with van der Waals surface area (Å²) in [5.74, 6) is 0.433. The zero-order valence-electron chi connectivity index (χ0n) is 12.5. The summed E-state index contributed by atoms with van der Waals surface area (Å²) < 4.78 is 0. The Hall–Kier alpha value is -1.64. The predicted octanol–water partition coefficient (Wildman–Crippen LogP) is 3.16. The van der Waals surface area contributed by atoms with Gasteiger partial charge in [0, 0.05) is 18.5 Å². The largest absolute Gasteiger partial charge is 0.317 e. The number of hydrogen-bond acceptors (Lipinski definition) is 2. The fourth-order valence-corrected chi connectivity index (χ4v) is 3.11. The van der Waals surface area contributed by atoms with E-state index in [0.717, 1.165) is 19.6 Å². The Morgan fingerprint density at radius 3 is 1.90 bits per heavy atom. The quantitative estimate of drug-likeness (QED) is 0.879. The molecule has 0 amide bonds. The summed E-state index contributed by atoms with van der Waals surface area (Å²) in [4.78, 5) is 0. The third-order valence-corrected chi connectivity index (χ3v) is 4.35. The second kappa shape index (κ2) is 7.39. The Morgan fingerprint density at radius 2 is 1.38 bits per heavy atom. The number of nitrogens with one attached hydrogen (secondary N) is 2. The maximum absolute atomic E-state index is 3.78. The van der Waals surface area contributed by atoms with Gasteiger partial charge in [0.15, 0.2) is 0 Å². The van der Waals surface area contributed by atoms with Crippen LogP contribution in [-0.4, -0.2) is 25.7 Å². The first-order chi connectivity index (χ1) is 10.4. The standard InChI is InChI=1S/C19H24N2/c1-3-7-16(8-4-1)19(17-9-5-2-6-10-17)15-21-18-11-13-20-14-12-18/h1-10,18-21H,11-15H2. The minimum absolute atomic E-state index is 0.433. The van der Waals surface area contributed by atoms with Crippen LogP contribution in [0.15, 0.2) is 60.7 Å². The lowest BCUT2D eigenvalue weighted by Crippen LogP contribution is -2.41. The highest BCUT2D eigenvalue weighted by molar-refractivity contribution is 5.32. The molecular formula is C19H24N2. The number of benzene rings is 2. The van der Waals surface area contributed by atoms with E-state index < -0.39 is 0 Å². The van der Waals surface area contributed by atoms with Crippen molar-refractivity contribution in [2.75, 3.05) is 19.6 Å². The molecule has 2 nitrogen and oxygen atoms in total. The van der Waals surface area contributed by atoms with Crippen LogP contribution in [0.5, 0.6) is 0 Å². The summed E-state index contributed by atoms with van der Waals surface area (Å²) >= 11 is 0. The molecule has 2 aromatic rings. The average molecular weight is 280 g/mol. The molecular weight excluding hydrogens is 256 g/mol. The molecule has 2 heteroatoms. The van der Waals surface area contributed by atoms with Crippen LogP contribution in [0.3, 0.4) is 0 Å². The molecule has 0 aliphatic carbocycles. The molecule has 1 saturated heterocycles. The number of piperidine rings is 1. The summed E-state index contributed by atoms with van der Waals surface area (Å²) in [7, 11) is 0. The van der Waals surface area contributed by atoms with Gasteiger partial charge in [-0.05, 0) is 37.1 Å². The van der Waals surface area contributed by atoms with Crippen LogP contribution in [0.2, 0.25) is 0 Å². The molecule has 1 aliphatic rings. The van der Waals surface area contributed by atoms with Crippen LogP contribution >= 0.6 is 0 Å². The summed E-state index contributed by atoms with van der Waals surface area (Å²) in [5, 5.41) is 7.20. The molecule has 0 atom stereocenters. The highest BCUT2D eigenvalue weighted by atomic mass is 15.0. The molecule has 3 rings (SSSR count). The SMILES string of the molecule is c1ccc(C(CNC2CCNCC2)c2ccccc2)cc1. The van der Waals surface area contributed by atoms with Gasteiger partial charge in [0.25, 0.3) is 0 Å². The number of rotatable bonds is 5. The van der Waals surface area contributed by atoms with Crippen LogP contribution in [0, 0.1) is 0 Å². The van der Waals surface area contributed by atoms with E-state index in [9.17, 15) is 0 Å². The van der Waals surface area contributed by atoms with Gasteiger partial charge in [-0.3, -0.25) is 0 Å². The van der Waals surface area contributed by atoms with Crippen molar-refractivity contribution in [2.45, 2.75) is 24.8 Å². The molecule has 0 saturated carbocycles. The molecule has 2 aromatic carbocycles. The molecule has 0 aromatic heterocycles. The normalized spacial score (nSPS) is 16.2. The fraction of sp³-hybridized carbons (Fsp3) is 0.368. The van der Waals surface area contributed by atoms with E-state index in [-0.39, 0.29) is 0 Å². The monoisotopic (exact) mass is 280 g/mol. The first-order valence-corrected chi connectivity index (χ1v) is 7.97. The highest BCUT2D eigenvalue weighted by Gasteiger charge is 2.17. The van der Waals surface area contributed by atoms with Gasteiger partial charge in [-0.15, -0.1) is 0 Å². The van der Waals surface area contributed by atoms with Crippen molar-refractivity contribution in [2.24, 2.45) is 0 Å². The van der Waals surface area contributed by atoms with Gasteiger partial charge < -0.3 is 10.6 Å². The van der Waals surface area contributed by atoms with Crippen LogP contribution < -0.4 is 10.6 Å². The third kappa shape index (κ3) is 3.93. The van der Waals surface area contributed by atoms with Gasteiger partial charge in [0.1, 0.15) is 0 Å². The van der Waals surface area contributed by atoms with E-state index in [1.54, 1.807) is 0 Å². The van der Waals surface area contributed by atoms with Crippen molar-refractivity contribution in [3.05, 3.63) is 71.8 Å². The molecule has 1 heterocycles. The summed E-state index contributed by atoms with van der Waals surface area (Å²) in [6.45, 7) is 3.29. The summed E-state index contributed by atoms with van der Waals surface area (Å²) in [5.41, 5.74) is 2.79. The molecule has 0 unspecified atom stereocenters. The maximum Gasteiger partial charge on any atom is 0.0214 e. The first kappa shape index (κ1) is 14.3. The maximum atomic E-state index is 3.78. The van der Waals surface area contributed by atoms with Crippen molar-refractivity contribution in [1.29, 1.82) is 0 Å². The van der Waals surface area contributed by atoms with Crippen LogP contribution in [0.1, 0.15) is 29.9 Å². The molecule has 1 fully saturated rings. The van der Waals surface area contributed by atoms with E-state index >= 15 is 0 Å². The Labute approximate surface area is 127 Å². The highest BCUT2D eigenvalue weighted by Crippen LogP contribution is 2.24. The first-order valence-electron chi connectivity index (χ1n) is 7.97. The molecule has 1 aliphatic heterocycles. The molecule has 110 valence electrons.